The molecule has 2 nitrogen and oxygen atoms in total. The average molecular weight is 402 g/mol. The normalized spacial score (nSPS) is 16.6. The molecule has 120 valence electrons. The summed E-state index contributed by atoms with van der Waals surface area (Å²) in [4.78, 5) is 13.4. The quantitative estimate of drug-likeness (QED) is 0.578. The van der Waals surface area contributed by atoms with E-state index in [2.05, 4.69) is 21.2 Å². The first-order chi connectivity index (χ1) is 11.6. The van der Waals surface area contributed by atoms with Gasteiger partial charge in [-0.15, -0.1) is 11.3 Å². The zero-order chi connectivity index (χ0) is 16.7. The van der Waals surface area contributed by atoms with Gasteiger partial charge in [0.15, 0.2) is 0 Å². The van der Waals surface area contributed by atoms with Gasteiger partial charge in [0.2, 0.25) is 5.91 Å². The Bertz CT molecular complexity index is 919. The van der Waals surface area contributed by atoms with Crippen LogP contribution >= 0.6 is 27.3 Å². The standard InChI is InChI=1S/C19H13BrFNOS/c20-13-6-4-11(5-7-13)15-9-17(23)22-18-16(10-24-19(15)18)12-2-1-3-14(21)8-12/h1-8,10,15H,9H2,(H,22,23). The van der Waals surface area contributed by atoms with Gasteiger partial charge in [0, 0.05) is 32.6 Å². The Morgan fingerprint density at radius 2 is 1.96 bits per heavy atom. The molecule has 5 heteroatoms. The zero-order valence-electron chi connectivity index (χ0n) is 12.6. The molecule has 0 saturated carbocycles. The van der Waals surface area contributed by atoms with E-state index in [0.29, 0.717) is 6.42 Å². The van der Waals surface area contributed by atoms with Crippen LogP contribution in [0.4, 0.5) is 10.1 Å². The van der Waals surface area contributed by atoms with Gasteiger partial charge in [-0.2, -0.15) is 0 Å². The number of anilines is 1. The largest absolute Gasteiger partial charge is 0.325 e. The number of rotatable bonds is 2. The molecule has 1 aliphatic heterocycles. The first kappa shape index (κ1) is 15.5. The lowest BCUT2D eigenvalue weighted by Gasteiger charge is -2.24. The van der Waals surface area contributed by atoms with E-state index >= 15 is 0 Å². The molecule has 0 aliphatic carbocycles. The van der Waals surface area contributed by atoms with Crippen molar-refractivity contribution in [3.63, 3.8) is 0 Å². The fraction of sp³-hybridized carbons (Fsp3) is 0.105. The van der Waals surface area contributed by atoms with Crippen LogP contribution in [0.5, 0.6) is 0 Å². The highest BCUT2D eigenvalue weighted by Crippen LogP contribution is 2.46. The lowest BCUT2D eigenvalue weighted by molar-refractivity contribution is -0.116. The third-order valence-corrected chi connectivity index (χ3v) is 5.82. The van der Waals surface area contributed by atoms with Crippen LogP contribution in [0.25, 0.3) is 11.1 Å². The van der Waals surface area contributed by atoms with Gasteiger partial charge in [-0.1, -0.05) is 40.2 Å². The lowest BCUT2D eigenvalue weighted by atomic mass is 9.89. The first-order valence-electron chi connectivity index (χ1n) is 7.54. The molecule has 3 aromatic rings. The summed E-state index contributed by atoms with van der Waals surface area (Å²) in [6.07, 6.45) is 0.428. The van der Waals surface area contributed by atoms with Crippen LogP contribution in [0.3, 0.4) is 0 Å². The summed E-state index contributed by atoms with van der Waals surface area (Å²) in [7, 11) is 0. The molecule has 1 unspecified atom stereocenters. The predicted octanol–water partition coefficient (Wildman–Crippen LogP) is 5.79. The second-order valence-corrected chi connectivity index (χ2v) is 7.58. The number of nitrogens with one attached hydrogen (secondary N) is 1. The smallest absolute Gasteiger partial charge is 0.225 e. The molecule has 2 heterocycles. The summed E-state index contributed by atoms with van der Waals surface area (Å²) < 4.78 is 14.6. The van der Waals surface area contributed by atoms with Crippen LogP contribution in [-0.4, -0.2) is 5.91 Å². The summed E-state index contributed by atoms with van der Waals surface area (Å²) in [5.41, 5.74) is 3.59. The number of amides is 1. The molecule has 1 aliphatic rings. The van der Waals surface area contributed by atoms with E-state index in [1.165, 1.54) is 12.1 Å². The second kappa shape index (κ2) is 6.15. The maximum atomic E-state index is 13.6. The van der Waals surface area contributed by atoms with E-state index in [0.717, 1.165) is 31.7 Å². The van der Waals surface area contributed by atoms with Gasteiger partial charge in [-0.05, 0) is 35.4 Å². The molecule has 1 N–H and O–H groups in total. The van der Waals surface area contributed by atoms with E-state index in [1.54, 1.807) is 17.4 Å². The number of carbonyl (C=O) groups is 1. The van der Waals surface area contributed by atoms with E-state index in [9.17, 15) is 9.18 Å². The van der Waals surface area contributed by atoms with Crippen molar-refractivity contribution in [2.75, 3.05) is 5.32 Å². The van der Waals surface area contributed by atoms with Crippen molar-refractivity contribution in [3.05, 3.63) is 74.6 Å². The van der Waals surface area contributed by atoms with Crippen LogP contribution in [0, 0.1) is 5.82 Å². The molecular weight excluding hydrogens is 389 g/mol. The van der Waals surface area contributed by atoms with E-state index in [-0.39, 0.29) is 17.6 Å². The molecule has 1 amide bonds. The third-order valence-electron chi connectivity index (χ3n) is 4.20. The maximum absolute atomic E-state index is 13.6. The Morgan fingerprint density at radius 1 is 1.17 bits per heavy atom. The average Bonchev–Trinajstić information content (AvgIpc) is 2.98. The highest BCUT2D eigenvalue weighted by atomic mass is 79.9. The molecule has 0 bridgehead atoms. The number of benzene rings is 2. The topological polar surface area (TPSA) is 29.1 Å². The van der Waals surface area contributed by atoms with Gasteiger partial charge >= 0.3 is 0 Å². The number of carbonyl (C=O) groups excluding carboxylic acids is 1. The van der Waals surface area contributed by atoms with E-state index in [1.807, 2.05) is 35.7 Å². The molecule has 0 spiro atoms. The molecule has 4 rings (SSSR count). The van der Waals surface area contributed by atoms with Crippen LogP contribution in [-0.2, 0) is 4.79 Å². The summed E-state index contributed by atoms with van der Waals surface area (Å²) in [5, 5.41) is 4.97. The van der Waals surface area contributed by atoms with Crippen LogP contribution in [0.15, 0.2) is 58.4 Å². The predicted molar refractivity (Wildman–Crippen MR) is 98.9 cm³/mol. The third kappa shape index (κ3) is 2.78. The van der Waals surface area contributed by atoms with Crippen molar-refractivity contribution in [1.82, 2.24) is 0 Å². The van der Waals surface area contributed by atoms with Crippen LogP contribution < -0.4 is 5.32 Å². The SMILES string of the molecule is O=C1CC(c2ccc(Br)cc2)c2scc(-c3cccc(F)c3)c2N1. The lowest BCUT2D eigenvalue weighted by Crippen LogP contribution is -2.22. The minimum absolute atomic E-state index is 0.00790. The number of hydrogen-bond donors (Lipinski definition) is 1. The molecule has 0 radical (unpaired) electrons. The minimum atomic E-state index is -0.279. The van der Waals surface area contributed by atoms with Crippen LogP contribution in [0.2, 0.25) is 0 Å². The fourth-order valence-electron chi connectivity index (χ4n) is 3.06. The molecule has 24 heavy (non-hydrogen) atoms. The maximum Gasteiger partial charge on any atom is 0.225 e. The zero-order valence-corrected chi connectivity index (χ0v) is 15.0. The van der Waals surface area contributed by atoms with Gasteiger partial charge in [0.1, 0.15) is 5.82 Å². The number of thiophene rings is 1. The Labute approximate surface area is 151 Å². The number of hydrogen-bond acceptors (Lipinski definition) is 2. The van der Waals surface area contributed by atoms with Crippen molar-refractivity contribution in [2.45, 2.75) is 12.3 Å². The first-order valence-corrected chi connectivity index (χ1v) is 9.22. The monoisotopic (exact) mass is 401 g/mol. The molecular formula is C19H13BrFNOS. The summed E-state index contributed by atoms with van der Waals surface area (Å²) in [6, 6.07) is 14.5. The van der Waals surface area contributed by atoms with Crippen molar-refractivity contribution in [1.29, 1.82) is 0 Å². The number of fused-ring (bicyclic) bond motifs is 1. The van der Waals surface area contributed by atoms with Crippen molar-refractivity contribution in [3.8, 4) is 11.1 Å². The summed E-state index contributed by atoms with van der Waals surface area (Å²) in [5.74, 6) is -0.250. The van der Waals surface area contributed by atoms with Gasteiger partial charge in [-0.3, -0.25) is 4.79 Å². The highest BCUT2D eigenvalue weighted by Gasteiger charge is 2.30. The van der Waals surface area contributed by atoms with Gasteiger partial charge in [0.05, 0.1) is 5.69 Å². The Hall–Kier alpha value is -1.98. The van der Waals surface area contributed by atoms with Gasteiger partial charge < -0.3 is 5.32 Å². The van der Waals surface area contributed by atoms with Crippen LogP contribution in [0.1, 0.15) is 22.8 Å². The second-order valence-electron chi connectivity index (χ2n) is 5.76. The van der Waals surface area contributed by atoms with E-state index in [4.69, 9.17) is 0 Å². The molecule has 1 atom stereocenters. The summed E-state index contributed by atoms with van der Waals surface area (Å²) in [6.45, 7) is 0. The molecule has 0 fully saturated rings. The Morgan fingerprint density at radius 3 is 2.71 bits per heavy atom. The Kier molecular flexibility index (Phi) is 3.98. The molecule has 0 saturated heterocycles. The molecule has 1 aromatic heterocycles. The minimum Gasteiger partial charge on any atom is -0.325 e. The van der Waals surface area contributed by atoms with Crippen molar-refractivity contribution >= 4 is 38.9 Å². The van der Waals surface area contributed by atoms with Crippen molar-refractivity contribution < 1.29 is 9.18 Å². The highest BCUT2D eigenvalue weighted by molar-refractivity contribution is 9.10. The Balaban J connectivity index is 1.81. The summed E-state index contributed by atoms with van der Waals surface area (Å²) >= 11 is 5.06. The van der Waals surface area contributed by atoms with E-state index < -0.39 is 0 Å². The number of halogens is 2. The fourth-order valence-corrected chi connectivity index (χ4v) is 4.49. The molecule has 2 aromatic carbocycles. The van der Waals surface area contributed by atoms with Gasteiger partial charge in [0.25, 0.3) is 0 Å². The van der Waals surface area contributed by atoms with Crippen molar-refractivity contribution in [2.24, 2.45) is 0 Å². The van der Waals surface area contributed by atoms with Gasteiger partial charge in [-0.25, -0.2) is 4.39 Å².